The summed E-state index contributed by atoms with van der Waals surface area (Å²) < 4.78 is 5.27. The van der Waals surface area contributed by atoms with Gasteiger partial charge < -0.3 is 4.42 Å². The molecule has 4 rings (SSSR count). The number of benzene rings is 2. The molecule has 0 radical (unpaired) electrons. The Kier molecular flexibility index (Phi) is 1.97. The fourth-order valence-corrected chi connectivity index (χ4v) is 2.53. The van der Waals surface area contributed by atoms with Crippen molar-refractivity contribution in [3.63, 3.8) is 0 Å². The van der Waals surface area contributed by atoms with Crippen molar-refractivity contribution in [1.29, 1.82) is 0 Å². The van der Waals surface area contributed by atoms with E-state index in [1.165, 1.54) is 6.26 Å². The Morgan fingerprint density at radius 3 is 2.47 bits per heavy atom. The third-order valence-electron chi connectivity index (χ3n) is 3.41. The van der Waals surface area contributed by atoms with Gasteiger partial charge in [-0.1, -0.05) is 30.3 Å². The zero-order valence-electron chi connectivity index (χ0n) is 9.96. The van der Waals surface area contributed by atoms with Gasteiger partial charge in [-0.3, -0.25) is 4.79 Å². The maximum absolute atomic E-state index is 12.4. The van der Waals surface area contributed by atoms with Crippen LogP contribution >= 0.6 is 0 Å². The molecule has 0 spiro atoms. The minimum absolute atomic E-state index is 0.0685. The summed E-state index contributed by atoms with van der Waals surface area (Å²) in [6.07, 6.45) is 3.12. The number of hydrogen-bond donors (Lipinski definition) is 0. The smallest absolute Gasteiger partial charge is 0.225 e. The monoisotopic (exact) mass is 247 g/mol. The van der Waals surface area contributed by atoms with Gasteiger partial charge in [-0.2, -0.15) is 0 Å². The maximum Gasteiger partial charge on any atom is 0.225 e. The van der Waals surface area contributed by atoms with Gasteiger partial charge in [0.1, 0.15) is 6.26 Å². The van der Waals surface area contributed by atoms with Crippen LogP contribution < -0.4 is 0 Å². The van der Waals surface area contributed by atoms with Gasteiger partial charge in [0, 0.05) is 16.7 Å². The highest BCUT2D eigenvalue weighted by atomic mass is 16.3. The highest BCUT2D eigenvalue weighted by Crippen LogP contribution is 2.38. The minimum atomic E-state index is 0.0685. The lowest BCUT2D eigenvalue weighted by molar-refractivity contribution is 0.104. The first-order chi connectivity index (χ1) is 9.34. The highest BCUT2D eigenvalue weighted by molar-refractivity contribution is 6.22. The molecular weight excluding hydrogens is 238 g/mol. The Bertz CT molecular complexity index is 788. The molecule has 0 fully saturated rings. The number of nitrogens with zero attached hydrogens (tertiary/aromatic N) is 1. The van der Waals surface area contributed by atoms with Crippen molar-refractivity contribution >= 4 is 5.78 Å². The van der Waals surface area contributed by atoms with Gasteiger partial charge in [0.15, 0.2) is 5.78 Å². The quantitative estimate of drug-likeness (QED) is 0.516. The van der Waals surface area contributed by atoms with E-state index in [0.29, 0.717) is 5.89 Å². The van der Waals surface area contributed by atoms with Crippen LogP contribution in [0.1, 0.15) is 15.9 Å². The molecule has 0 atom stereocenters. The molecule has 0 bridgehead atoms. The number of fused-ring (bicyclic) bond motifs is 3. The largest absolute Gasteiger partial charge is 0.445 e. The summed E-state index contributed by atoms with van der Waals surface area (Å²) in [5, 5.41) is 0. The van der Waals surface area contributed by atoms with Gasteiger partial charge in [-0.05, 0) is 23.3 Å². The second kappa shape index (κ2) is 3.65. The summed E-state index contributed by atoms with van der Waals surface area (Å²) in [4.78, 5) is 16.5. The molecule has 0 unspecified atom stereocenters. The van der Waals surface area contributed by atoms with Gasteiger partial charge in [-0.15, -0.1) is 0 Å². The van der Waals surface area contributed by atoms with Crippen LogP contribution in [0.5, 0.6) is 0 Å². The SMILES string of the molecule is O=C1c2ccccc2-c2ccc(-c3ncco3)cc21. The second-order valence-electron chi connectivity index (χ2n) is 4.47. The Morgan fingerprint density at radius 1 is 0.895 bits per heavy atom. The molecule has 1 aliphatic rings. The van der Waals surface area contributed by atoms with Crippen LogP contribution in [-0.2, 0) is 0 Å². The third-order valence-corrected chi connectivity index (χ3v) is 3.41. The molecule has 1 heterocycles. The number of ketones is 1. The molecule has 0 amide bonds. The molecule has 3 heteroatoms. The lowest BCUT2D eigenvalue weighted by Gasteiger charge is -2.01. The zero-order valence-corrected chi connectivity index (χ0v) is 9.96. The number of carbonyl (C=O) groups excluding carboxylic acids is 1. The number of oxazole rings is 1. The summed E-state index contributed by atoms with van der Waals surface area (Å²) in [5.41, 5.74) is 4.29. The Labute approximate surface area is 109 Å². The van der Waals surface area contributed by atoms with Crippen LogP contribution in [0.15, 0.2) is 59.3 Å². The summed E-state index contributed by atoms with van der Waals surface area (Å²) in [5.74, 6) is 0.602. The van der Waals surface area contributed by atoms with Crippen molar-refractivity contribution in [2.24, 2.45) is 0 Å². The fraction of sp³-hybridized carbons (Fsp3) is 0. The molecule has 0 saturated carbocycles. The molecule has 3 nitrogen and oxygen atoms in total. The average Bonchev–Trinajstić information content (AvgIpc) is 3.08. The minimum Gasteiger partial charge on any atom is -0.445 e. The lowest BCUT2D eigenvalue weighted by atomic mass is 10.0. The van der Waals surface area contributed by atoms with E-state index in [4.69, 9.17) is 4.42 Å². The number of aromatic nitrogens is 1. The molecule has 0 N–H and O–H groups in total. The average molecular weight is 247 g/mol. The molecule has 0 saturated heterocycles. The van der Waals surface area contributed by atoms with Crippen LogP contribution in [0.4, 0.5) is 0 Å². The van der Waals surface area contributed by atoms with Crippen molar-refractivity contribution in [2.45, 2.75) is 0 Å². The molecule has 2 aromatic carbocycles. The van der Waals surface area contributed by atoms with E-state index in [-0.39, 0.29) is 5.78 Å². The lowest BCUT2D eigenvalue weighted by Crippen LogP contribution is -1.95. The number of hydrogen-bond acceptors (Lipinski definition) is 3. The standard InChI is InChI=1S/C16H9NO2/c18-15-13-4-2-1-3-11(13)12-6-5-10(9-14(12)15)16-17-7-8-19-16/h1-9H. The highest BCUT2D eigenvalue weighted by Gasteiger charge is 2.26. The van der Waals surface area contributed by atoms with Gasteiger partial charge in [0.2, 0.25) is 5.89 Å². The zero-order chi connectivity index (χ0) is 12.8. The van der Waals surface area contributed by atoms with Gasteiger partial charge >= 0.3 is 0 Å². The van der Waals surface area contributed by atoms with Crippen LogP contribution in [0.3, 0.4) is 0 Å². The predicted octanol–water partition coefficient (Wildman–Crippen LogP) is 3.55. The predicted molar refractivity (Wildman–Crippen MR) is 70.8 cm³/mol. The second-order valence-corrected chi connectivity index (χ2v) is 4.47. The van der Waals surface area contributed by atoms with Gasteiger partial charge in [-0.25, -0.2) is 4.98 Å². The van der Waals surface area contributed by atoms with Crippen molar-refractivity contribution in [2.75, 3.05) is 0 Å². The molecule has 90 valence electrons. The molecule has 19 heavy (non-hydrogen) atoms. The first-order valence-electron chi connectivity index (χ1n) is 6.02. The summed E-state index contributed by atoms with van der Waals surface area (Å²) in [6, 6.07) is 13.4. The van der Waals surface area contributed by atoms with Gasteiger partial charge in [0.25, 0.3) is 0 Å². The number of rotatable bonds is 1. The van der Waals surface area contributed by atoms with Crippen molar-refractivity contribution in [1.82, 2.24) is 4.98 Å². The van der Waals surface area contributed by atoms with E-state index in [2.05, 4.69) is 4.98 Å². The van der Waals surface area contributed by atoms with Gasteiger partial charge in [0.05, 0.1) is 6.20 Å². The summed E-state index contributed by atoms with van der Waals surface area (Å²) in [6.45, 7) is 0. The number of carbonyl (C=O) groups is 1. The van der Waals surface area contributed by atoms with E-state index < -0.39 is 0 Å². The molecule has 1 aromatic heterocycles. The topological polar surface area (TPSA) is 43.1 Å². The van der Waals surface area contributed by atoms with Crippen molar-refractivity contribution in [3.05, 3.63) is 66.1 Å². The summed E-state index contributed by atoms with van der Waals surface area (Å²) >= 11 is 0. The molecule has 0 aliphatic heterocycles. The molecular formula is C16H9NO2. The van der Waals surface area contributed by atoms with Crippen LogP contribution in [-0.4, -0.2) is 10.8 Å². The van der Waals surface area contributed by atoms with Crippen LogP contribution in [0.25, 0.3) is 22.6 Å². The van der Waals surface area contributed by atoms with E-state index in [0.717, 1.165) is 27.8 Å². The van der Waals surface area contributed by atoms with E-state index in [1.54, 1.807) is 6.20 Å². The fourth-order valence-electron chi connectivity index (χ4n) is 2.53. The Morgan fingerprint density at radius 2 is 1.68 bits per heavy atom. The van der Waals surface area contributed by atoms with Crippen LogP contribution in [0, 0.1) is 0 Å². The first kappa shape index (κ1) is 10.3. The van der Waals surface area contributed by atoms with Crippen LogP contribution in [0.2, 0.25) is 0 Å². The summed E-state index contributed by atoms with van der Waals surface area (Å²) in [7, 11) is 0. The first-order valence-corrected chi connectivity index (χ1v) is 6.02. The van der Waals surface area contributed by atoms with E-state index in [9.17, 15) is 4.79 Å². The molecule has 3 aromatic rings. The maximum atomic E-state index is 12.4. The van der Waals surface area contributed by atoms with Crippen molar-refractivity contribution in [3.8, 4) is 22.6 Å². The van der Waals surface area contributed by atoms with E-state index >= 15 is 0 Å². The normalized spacial score (nSPS) is 12.3. The molecule has 1 aliphatic carbocycles. The Balaban J connectivity index is 1.94. The van der Waals surface area contributed by atoms with E-state index in [1.807, 2.05) is 42.5 Å². The Hall–Kier alpha value is -2.68. The van der Waals surface area contributed by atoms with Crippen molar-refractivity contribution < 1.29 is 9.21 Å². The third kappa shape index (κ3) is 1.38.